The lowest BCUT2D eigenvalue weighted by molar-refractivity contribution is -0.0891. The molecule has 18 heavy (non-hydrogen) atoms. The van der Waals surface area contributed by atoms with Crippen molar-refractivity contribution in [3.05, 3.63) is 48.0 Å². The monoisotopic (exact) mass is 262 g/mol. The van der Waals surface area contributed by atoms with Crippen molar-refractivity contribution >= 4 is 22.4 Å². The minimum Gasteiger partial charge on any atom is -0.376 e. The molecule has 0 radical (unpaired) electrons. The number of hydrogen-bond acceptors (Lipinski definition) is 2. The molecule has 2 nitrogen and oxygen atoms in total. The van der Waals surface area contributed by atoms with Crippen LogP contribution in [-0.2, 0) is 9.47 Å². The van der Waals surface area contributed by atoms with Crippen molar-refractivity contribution in [3.63, 3.8) is 0 Å². The number of rotatable bonds is 2. The molecule has 0 aromatic heterocycles. The van der Waals surface area contributed by atoms with Gasteiger partial charge in [-0.25, -0.2) is 0 Å². The maximum absolute atomic E-state index is 6.56. The van der Waals surface area contributed by atoms with Crippen molar-refractivity contribution in [2.45, 2.75) is 11.5 Å². The van der Waals surface area contributed by atoms with Gasteiger partial charge < -0.3 is 9.47 Å². The standard InChI is InChI=1S/C15H15ClO2/c16-15(14-10-17-8-9-18-14)13-7-3-5-11-4-1-2-6-12(11)13/h1-7,14-15H,8-10H2. The maximum atomic E-state index is 6.56. The average Bonchev–Trinajstić information content (AvgIpc) is 2.47. The molecule has 1 aliphatic rings. The predicted octanol–water partition coefficient (Wildman–Crippen LogP) is 3.54. The molecular formula is C15H15ClO2. The zero-order chi connectivity index (χ0) is 12.4. The lowest BCUT2D eigenvalue weighted by Gasteiger charge is -2.27. The lowest BCUT2D eigenvalue weighted by atomic mass is 9.99. The van der Waals surface area contributed by atoms with E-state index in [1.54, 1.807) is 0 Å². The third-order valence-electron chi connectivity index (χ3n) is 3.29. The second-order valence-electron chi connectivity index (χ2n) is 4.45. The van der Waals surface area contributed by atoms with Crippen LogP contribution < -0.4 is 0 Å². The van der Waals surface area contributed by atoms with Gasteiger partial charge in [-0.05, 0) is 16.3 Å². The Morgan fingerprint density at radius 3 is 2.72 bits per heavy atom. The average molecular weight is 263 g/mol. The fourth-order valence-corrected chi connectivity index (χ4v) is 2.70. The Balaban J connectivity index is 1.97. The number of halogens is 1. The molecule has 0 bridgehead atoms. The van der Waals surface area contributed by atoms with Crippen LogP contribution in [0, 0.1) is 0 Å². The maximum Gasteiger partial charge on any atom is 0.101 e. The molecule has 0 N–H and O–H groups in total. The van der Waals surface area contributed by atoms with Gasteiger partial charge in [-0.15, -0.1) is 11.6 Å². The van der Waals surface area contributed by atoms with Crippen molar-refractivity contribution in [3.8, 4) is 0 Å². The van der Waals surface area contributed by atoms with Gasteiger partial charge in [-0.3, -0.25) is 0 Å². The Kier molecular flexibility index (Phi) is 3.50. The van der Waals surface area contributed by atoms with Gasteiger partial charge in [-0.2, -0.15) is 0 Å². The van der Waals surface area contributed by atoms with Gasteiger partial charge in [0.15, 0.2) is 0 Å². The van der Waals surface area contributed by atoms with Crippen LogP contribution in [0.25, 0.3) is 10.8 Å². The molecule has 0 amide bonds. The van der Waals surface area contributed by atoms with Gasteiger partial charge >= 0.3 is 0 Å². The molecule has 0 aliphatic carbocycles. The quantitative estimate of drug-likeness (QED) is 0.771. The van der Waals surface area contributed by atoms with Crippen LogP contribution in [0.3, 0.4) is 0 Å². The van der Waals surface area contributed by atoms with Crippen LogP contribution in [0.4, 0.5) is 0 Å². The Morgan fingerprint density at radius 2 is 1.89 bits per heavy atom. The Morgan fingerprint density at radius 1 is 1.06 bits per heavy atom. The summed E-state index contributed by atoms with van der Waals surface area (Å²) in [7, 11) is 0. The second kappa shape index (κ2) is 5.27. The highest BCUT2D eigenvalue weighted by Crippen LogP contribution is 2.33. The van der Waals surface area contributed by atoms with E-state index in [1.807, 2.05) is 18.2 Å². The number of fused-ring (bicyclic) bond motifs is 1. The van der Waals surface area contributed by atoms with E-state index in [-0.39, 0.29) is 11.5 Å². The van der Waals surface area contributed by atoms with Gasteiger partial charge in [0.2, 0.25) is 0 Å². The highest BCUT2D eigenvalue weighted by molar-refractivity contribution is 6.22. The molecule has 2 aromatic rings. The van der Waals surface area contributed by atoms with Crippen molar-refractivity contribution in [1.82, 2.24) is 0 Å². The molecule has 1 aliphatic heterocycles. The fraction of sp³-hybridized carbons (Fsp3) is 0.333. The first-order valence-electron chi connectivity index (χ1n) is 6.17. The number of alkyl halides is 1. The summed E-state index contributed by atoms with van der Waals surface area (Å²) in [6.45, 7) is 1.85. The Labute approximate surface area is 111 Å². The number of ether oxygens (including phenoxy) is 2. The van der Waals surface area contributed by atoms with Crippen molar-refractivity contribution < 1.29 is 9.47 Å². The van der Waals surface area contributed by atoms with Crippen LogP contribution in [0.15, 0.2) is 42.5 Å². The highest BCUT2D eigenvalue weighted by Gasteiger charge is 2.25. The summed E-state index contributed by atoms with van der Waals surface area (Å²) in [4.78, 5) is 0. The van der Waals surface area contributed by atoms with Crippen LogP contribution in [0.2, 0.25) is 0 Å². The minimum absolute atomic E-state index is 0.0637. The van der Waals surface area contributed by atoms with Crippen molar-refractivity contribution in [2.75, 3.05) is 19.8 Å². The second-order valence-corrected chi connectivity index (χ2v) is 4.92. The molecule has 2 atom stereocenters. The summed E-state index contributed by atoms with van der Waals surface area (Å²) in [5, 5.41) is 2.22. The molecule has 2 unspecified atom stereocenters. The third-order valence-corrected chi connectivity index (χ3v) is 3.80. The van der Waals surface area contributed by atoms with Gasteiger partial charge in [0.05, 0.1) is 25.2 Å². The van der Waals surface area contributed by atoms with E-state index in [0.717, 1.165) is 5.56 Å². The first-order chi connectivity index (χ1) is 8.86. The van der Waals surface area contributed by atoms with Gasteiger partial charge in [0.1, 0.15) is 6.10 Å². The summed E-state index contributed by atoms with van der Waals surface area (Å²) >= 11 is 6.56. The largest absolute Gasteiger partial charge is 0.376 e. The fourth-order valence-electron chi connectivity index (χ4n) is 2.37. The smallest absolute Gasteiger partial charge is 0.101 e. The van der Waals surface area contributed by atoms with Crippen molar-refractivity contribution in [2.24, 2.45) is 0 Å². The SMILES string of the molecule is ClC(c1cccc2ccccc12)C1COCCO1. The summed E-state index contributed by atoms with van der Waals surface area (Å²) in [5.41, 5.74) is 1.12. The van der Waals surface area contributed by atoms with E-state index < -0.39 is 0 Å². The van der Waals surface area contributed by atoms with E-state index in [4.69, 9.17) is 21.1 Å². The first kappa shape index (κ1) is 12.0. The van der Waals surface area contributed by atoms with Gasteiger partial charge in [0.25, 0.3) is 0 Å². The molecule has 94 valence electrons. The molecular weight excluding hydrogens is 248 g/mol. The van der Waals surface area contributed by atoms with Crippen LogP contribution in [0.5, 0.6) is 0 Å². The van der Waals surface area contributed by atoms with E-state index >= 15 is 0 Å². The van der Waals surface area contributed by atoms with E-state index in [1.165, 1.54) is 10.8 Å². The summed E-state index contributed by atoms with van der Waals surface area (Å²) in [6, 6.07) is 14.5. The van der Waals surface area contributed by atoms with E-state index in [9.17, 15) is 0 Å². The normalized spacial score (nSPS) is 21.9. The highest BCUT2D eigenvalue weighted by atomic mass is 35.5. The number of hydrogen-bond donors (Lipinski definition) is 0. The zero-order valence-corrected chi connectivity index (χ0v) is 10.8. The van der Waals surface area contributed by atoms with Crippen molar-refractivity contribution in [1.29, 1.82) is 0 Å². The molecule has 1 heterocycles. The molecule has 0 saturated carbocycles. The zero-order valence-electron chi connectivity index (χ0n) is 10.0. The molecule has 1 saturated heterocycles. The van der Waals surface area contributed by atoms with E-state index in [0.29, 0.717) is 19.8 Å². The van der Waals surface area contributed by atoms with Gasteiger partial charge in [-0.1, -0.05) is 42.5 Å². The summed E-state index contributed by atoms with van der Waals surface area (Å²) in [5.74, 6) is 0. The van der Waals surface area contributed by atoms with Crippen LogP contribution in [-0.4, -0.2) is 25.9 Å². The predicted molar refractivity (Wildman–Crippen MR) is 73.1 cm³/mol. The summed E-state index contributed by atoms with van der Waals surface area (Å²) in [6.07, 6.45) is -0.0637. The Hall–Kier alpha value is -1.09. The minimum atomic E-state index is -0.170. The molecule has 3 rings (SSSR count). The molecule has 3 heteroatoms. The Bertz CT molecular complexity index is 530. The molecule has 2 aromatic carbocycles. The lowest BCUT2D eigenvalue weighted by Crippen LogP contribution is -2.31. The molecule has 0 spiro atoms. The topological polar surface area (TPSA) is 18.5 Å². The van der Waals surface area contributed by atoms with Gasteiger partial charge in [0, 0.05) is 0 Å². The first-order valence-corrected chi connectivity index (χ1v) is 6.61. The number of benzene rings is 2. The van der Waals surface area contributed by atoms with E-state index in [2.05, 4.69) is 24.3 Å². The molecule has 1 fully saturated rings. The summed E-state index contributed by atoms with van der Waals surface area (Å²) < 4.78 is 11.1. The van der Waals surface area contributed by atoms with Crippen LogP contribution >= 0.6 is 11.6 Å². The third kappa shape index (κ3) is 2.24. The van der Waals surface area contributed by atoms with Crippen LogP contribution in [0.1, 0.15) is 10.9 Å².